The summed E-state index contributed by atoms with van der Waals surface area (Å²) in [4.78, 5) is 2.48. The van der Waals surface area contributed by atoms with Gasteiger partial charge in [-0.1, -0.05) is 79.7 Å². The predicted octanol–water partition coefficient (Wildman–Crippen LogP) is 11.1. The highest BCUT2D eigenvalue weighted by molar-refractivity contribution is 6.08. The van der Waals surface area contributed by atoms with Crippen LogP contribution in [-0.4, -0.2) is 10.6 Å². The molecule has 0 saturated heterocycles. The average molecular weight is 658 g/mol. The van der Waals surface area contributed by atoms with Crippen LogP contribution in [0.25, 0.3) is 38.5 Å². The van der Waals surface area contributed by atoms with Gasteiger partial charge in [0.25, 0.3) is 0 Å². The van der Waals surface area contributed by atoms with Crippen molar-refractivity contribution in [2.24, 2.45) is 5.92 Å². The van der Waals surface area contributed by atoms with Gasteiger partial charge in [0, 0.05) is 50.7 Å². The molecule has 0 spiro atoms. The number of aromatic nitrogens is 1. The van der Waals surface area contributed by atoms with E-state index in [2.05, 4.69) is 138 Å². The van der Waals surface area contributed by atoms with E-state index >= 15 is 0 Å². The summed E-state index contributed by atoms with van der Waals surface area (Å²) in [7, 11) is 0. The Labute approximate surface area is 298 Å². The molecule has 2 heterocycles. The molecule has 0 saturated carbocycles. The maximum Gasteiger partial charge on any atom is 0.101 e. The van der Waals surface area contributed by atoms with E-state index in [1.165, 1.54) is 16.8 Å². The summed E-state index contributed by atoms with van der Waals surface area (Å²) in [6, 6.07) is 43.3. The van der Waals surface area contributed by atoms with Gasteiger partial charge in [0.05, 0.1) is 28.8 Å². The van der Waals surface area contributed by atoms with Gasteiger partial charge in [-0.05, 0) is 102 Å². The van der Waals surface area contributed by atoms with Crippen LogP contribution in [0.15, 0.2) is 121 Å². The van der Waals surface area contributed by atoms with Crippen LogP contribution in [0.1, 0.15) is 72.4 Å². The minimum atomic E-state index is 0.140. The topological polar surface area (TPSA) is 79.5 Å². The molecule has 4 atom stereocenters. The maximum atomic E-state index is 10.5. The third-order valence-corrected chi connectivity index (χ3v) is 11.4. The van der Waals surface area contributed by atoms with Crippen LogP contribution in [-0.2, 0) is 0 Å². The first kappa shape index (κ1) is 30.7. The van der Waals surface area contributed by atoms with Gasteiger partial charge in [0.15, 0.2) is 0 Å². The third kappa shape index (κ3) is 4.80. The fourth-order valence-electron chi connectivity index (χ4n) is 9.20. The number of allylic oxidation sites excluding steroid dienone is 3. The number of nitrogens with zero attached hydrogens (tertiary/aromatic N) is 5. The van der Waals surface area contributed by atoms with Crippen molar-refractivity contribution < 1.29 is 0 Å². The predicted molar refractivity (Wildman–Crippen MR) is 204 cm³/mol. The maximum absolute atomic E-state index is 10.5. The van der Waals surface area contributed by atoms with E-state index in [4.69, 9.17) is 0 Å². The van der Waals surface area contributed by atoms with Crippen LogP contribution in [0, 0.1) is 39.9 Å². The fourth-order valence-corrected chi connectivity index (χ4v) is 9.20. The average Bonchev–Trinajstić information content (AvgIpc) is 3.70. The van der Waals surface area contributed by atoms with Gasteiger partial charge in [-0.15, -0.1) is 0 Å². The van der Waals surface area contributed by atoms with E-state index in [-0.39, 0.29) is 18.0 Å². The Morgan fingerprint density at radius 1 is 0.725 bits per heavy atom. The SMILES string of the molecule is CC1CC(n2c3ccccc3c3cc(C#N)ccc32)CC=C1c1cc(-c2ccccc2N2c3ccccc3C3CCC=CC32)cc(C#N)c1C#N. The van der Waals surface area contributed by atoms with Crippen molar-refractivity contribution in [2.75, 3.05) is 4.90 Å². The molecular formula is C46H35N5. The van der Waals surface area contributed by atoms with Gasteiger partial charge < -0.3 is 9.47 Å². The second-order valence-corrected chi connectivity index (χ2v) is 14.1. The number of benzene rings is 5. The lowest BCUT2D eigenvalue weighted by Gasteiger charge is -2.32. The fraction of sp³-hybridized carbons (Fsp3) is 0.196. The van der Waals surface area contributed by atoms with Crippen molar-refractivity contribution in [3.05, 3.63) is 149 Å². The number of para-hydroxylation sites is 3. The van der Waals surface area contributed by atoms with Crippen LogP contribution in [0.4, 0.5) is 11.4 Å². The van der Waals surface area contributed by atoms with E-state index < -0.39 is 0 Å². The lowest BCUT2D eigenvalue weighted by molar-refractivity contribution is 0.432. The number of rotatable bonds is 4. The second kappa shape index (κ2) is 12.2. The summed E-state index contributed by atoms with van der Waals surface area (Å²) < 4.78 is 2.44. The summed E-state index contributed by atoms with van der Waals surface area (Å²) in [5.41, 5.74) is 11.5. The van der Waals surface area contributed by atoms with E-state index in [0.29, 0.717) is 22.6 Å². The number of hydrogen-bond donors (Lipinski definition) is 0. The Balaban J connectivity index is 1.15. The van der Waals surface area contributed by atoms with Crippen LogP contribution in [0.5, 0.6) is 0 Å². The highest BCUT2D eigenvalue weighted by Crippen LogP contribution is 2.51. The summed E-state index contributed by atoms with van der Waals surface area (Å²) in [5.74, 6) is 0.579. The zero-order valence-corrected chi connectivity index (χ0v) is 28.4. The quantitative estimate of drug-likeness (QED) is 0.177. The molecule has 5 heteroatoms. The van der Waals surface area contributed by atoms with Gasteiger partial charge in [-0.3, -0.25) is 0 Å². The standard InChI is InChI=1S/C46H35N5/c1-29-22-33(50-43-15-7-5-13-38(43)40-23-30(26-47)18-21-46(40)50)19-20-34(29)39-25-31(24-32(27-48)41(39)28-49)35-10-2-6-14-42(35)51-44-16-8-3-11-36(44)37-12-4-9-17-45(37)51/h2-3,5-11,13-18,20-21,23-25,29,33,37,45H,4,12,19,22H2,1H3. The Morgan fingerprint density at radius 3 is 2.33 bits per heavy atom. The molecule has 0 amide bonds. The van der Waals surface area contributed by atoms with Crippen LogP contribution in [0.2, 0.25) is 0 Å². The highest BCUT2D eigenvalue weighted by atomic mass is 15.2. The Hall–Kier alpha value is -6.35. The van der Waals surface area contributed by atoms with Crippen LogP contribution in [0.3, 0.4) is 0 Å². The molecule has 2 aliphatic carbocycles. The van der Waals surface area contributed by atoms with Gasteiger partial charge in [0.1, 0.15) is 12.1 Å². The van der Waals surface area contributed by atoms with Gasteiger partial charge in [-0.2, -0.15) is 15.8 Å². The molecule has 1 aromatic heterocycles. The molecule has 0 bridgehead atoms. The Kier molecular flexibility index (Phi) is 7.35. The Bertz CT molecular complexity index is 2580. The molecule has 1 aliphatic heterocycles. The molecule has 4 unspecified atom stereocenters. The number of anilines is 2. The van der Waals surface area contributed by atoms with E-state index in [9.17, 15) is 15.8 Å². The molecular weight excluding hydrogens is 623 g/mol. The van der Waals surface area contributed by atoms with Gasteiger partial charge >= 0.3 is 0 Å². The van der Waals surface area contributed by atoms with Crippen molar-refractivity contribution in [1.82, 2.24) is 4.57 Å². The van der Waals surface area contributed by atoms with Crippen molar-refractivity contribution >= 4 is 38.8 Å². The monoisotopic (exact) mass is 657 g/mol. The smallest absolute Gasteiger partial charge is 0.101 e. The Morgan fingerprint density at radius 2 is 1.51 bits per heavy atom. The minimum absolute atomic E-state index is 0.140. The molecule has 6 aromatic rings. The number of hydrogen-bond acceptors (Lipinski definition) is 4. The summed E-state index contributed by atoms with van der Waals surface area (Å²) in [6.45, 7) is 2.24. The van der Waals surface area contributed by atoms with Crippen LogP contribution < -0.4 is 4.90 Å². The number of fused-ring (bicyclic) bond motifs is 6. The molecule has 0 N–H and O–H groups in total. The van der Waals surface area contributed by atoms with E-state index in [1.807, 2.05) is 18.2 Å². The first-order valence-corrected chi connectivity index (χ1v) is 17.8. The van der Waals surface area contributed by atoms with Crippen molar-refractivity contribution in [1.29, 1.82) is 15.8 Å². The summed E-state index contributed by atoms with van der Waals surface area (Å²) in [6.07, 6.45) is 10.9. The molecule has 0 radical (unpaired) electrons. The normalized spacial score (nSPS) is 20.7. The zero-order chi connectivity index (χ0) is 34.6. The summed E-state index contributed by atoms with van der Waals surface area (Å²) in [5, 5.41) is 32.8. The number of nitriles is 3. The van der Waals surface area contributed by atoms with Crippen LogP contribution >= 0.6 is 0 Å². The van der Waals surface area contributed by atoms with Crippen molar-refractivity contribution in [2.45, 2.75) is 50.6 Å². The lowest BCUT2D eigenvalue weighted by Crippen LogP contribution is -2.30. The van der Waals surface area contributed by atoms with Crippen molar-refractivity contribution in [3.63, 3.8) is 0 Å². The first-order chi connectivity index (χ1) is 25.1. The highest BCUT2D eigenvalue weighted by Gasteiger charge is 2.39. The molecule has 5 nitrogen and oxygen atoms in total. The molecule has 5 aromatic carbocycles. The van der Waals surface area contributed by atoms with Crippen molar-refractivity contribution in [3.8, 4) is 29.3 Å². The van der Waals surface area contributed by atoms with E-state index in [1.54, 1.807) is 0 Å². The largest absolute Gasteiger partial charge is 0.337 e. The molecule has 244 valence electrons. The lowest BCUT2D eigenvalue weighted by atomic mass is 9.79. The molecule has 0 fully saturated rings. The molecule has 3 aliphatic rings. The molecule has 51 heavy (non-hydrogen) atoms. The third-order valence-electron chi connectivity index (χ3n) is 11.4. The van der Waals surface area contributed by atoms with Gasteiger partial charge in [0.2, 0.25) is 0 Å². The van der Waals surface area contributed by atoms with E-state index in [0.717, 1.165) is 69.9 Å². The first-order valence-electron chi connectivity index (χ1n) is 17.8. The summed E-state index contributed by atoms with van der Waals surface area (Å²) >= 11 is 0. The second-order valence-electron chi connectivity index (χ2n) is 14.1. The molecule has 9 rings (SSSR count). The minimum Gasteiger partial charge on any atom is -0.337 e. The van der Waals surface area contributed by atoms with Gasteiger partial charge in [-0.25, -0.2) is 0 Å². The zero-order valence-electron chi connectivity index (χ0n) is 28.4.